The number of amides is 1. The van der Waals surface area contributed by atoms with E-state index in [4.69, 9.17) is 5.21 Å². The third-order valence-electron chi connectivity index (χ3n) is 3.79. The van der Waals surface area contributed by atoms with E-state index in [1.807, 2.05) is 25.1 Å². The van der Waals surface area contributed by atoms with Gasteiger partial charge in [0, 0.05) is 35.0 Å². The molecule has 1 heterocycles. The molecule has 0 saturated heterocycles. The maximum absolute atomic E-state index is 13.0. The van der Waals surface area contributed by atoms with Crippen LogP contribution in [0.2, 0.25) is 0 Å². The van der Waals surface area contributed by atoms with Crippen molar-refractivity contribution >= 4 is 37.4 Å². The van der Waals surface area contributed by atoms with Gasteiger partial charge in [0.1, 0.15) is 4.90 Å². The summed E-state index contributed by atoms with van der Waals surface area (Å²) in [5, 5.41) is 11.0. The molecule has 0 aliphatic carbocycles. The van der Waals surface area contributed by atoms with E-state index in [9.17, 15) is 13.2 Å². The Morgan fingerprint density at radius 2 is 2.00 bits per heavy atom. The summed E-state index contributed by atoms with van der Waals surface area (Å²) in [7, 11) is -3.69. The fraction of sp³-hybridized carbons (Fsp3) is 0.438. The summed E-state index contributed by atoms with van der Waals surface area (Å²) in [6, 6.07) is 7.37. The van der Waals surface area contributed by atoms with Gasteiger partial charge in [-0.25, -0.2) is 13.9 Å². The topological polar surface area (TPSA) is 86.7 Å². The van der Waals surface area contributed by atoms with Gasteiger partial charge in [-0.3, -0.25) is 10.0 Å². The van der Waals surface area contributed by atoms with Crippen LogP contribution in [0.25, 0.3) is 10.1 Å². The van der Waals surface area contributed by atoms with Gasteiger partial charge in [-0.2, -0.15) is 4.31 Å². The van der Waals surface area contributed by atoms with Gasteiger partial charge < -0.3 is 0 Å². The van der Waals surface area contributed by atoms with Gasteiger partial charge in [-0.15, -0.1) is 11.3 Å². The van der Waals surface area contributed by atoms with Crippen molar-refractivity contribution in [1.82, 2.24) is 9.79 Å². The summed E-state index contributed by atoms with van der Waals surface area (Å²) >= 11 is 1.39. The van der Waals surface area contributed by atoms with Crippen LogP contribution in [-0.2, 0) is 14.8 Å². The van der Waals surface area contributed by atoms with Gasteiger partial charge >= 0.3 is 0 Å². The summed E-state index contributed by atoms with van der Waals surface area (Å²) in [4.78, 5) is 11.6. The molecule has 0 saturated carbocycles. The normalized spacial score (nSPS) is 12.0. The van der Waals surface area contributed by atoms with Crippen LogP contribution >= 0.6 is 11.3 Å². The summed E-state index contributed by atoms with van der Waals surface area (Å²) < 4.78 is 28.3. The number of carbonyl (C=O) groups excluding carboxylic acids is 1. The molecule has 6 nitrogen and oxygen atoms in total. The van der Waals surface area contributed by atoms with E-state index in [0.29, 0.717) is 11.9 Å². The van der Waals surface area contributed by atoms with Crippen molar-refractivity contribution < 1.29 is 18.4 Å². The number of unbranched alkanes of at least 4 members (excludes halogenated alkanes) is 2. The Morgan fingerprint density at radius 1 is 1.25 bits per heavy atom. The van der Waals surface area contributed by atoms with Gasteiger partial charge in [-0.05, 0) is 12.5 Å². The van der Waals surface area contributed by atoms with Crippen molar-refractivity contribution in [3.63, 3.8) is 0 Å². The molecule has 1 aromatic carbocycles. The molecule has 0 aliphatic heterocycles. The molecule has 2 rings (SSSR count). The predicted octanol–water partition coefficient (Wildman–Crippen LogP) is 2.98. The van der Waals surface area contributed by atoms with E-state index in [2.05, 4.69) is 0 Å². The molecule has 24 heavy (non-hydrogen) atoms. The second-order valence-corrected chi connectivity index (χ2v) is 8.31. The largest absolute Gasteiger partial charge is 0.289 e. The highest BCUT2D eigenvalue weighted by atomic mass is 32.2. The smallest absolute Gasteiger partial charge is 0.244 e. The van der Waals surface area contributed by atoms with Crippen molar-refractivity contribution in [2.24, 2.45) is 0 Å². The minimum Gasteiger partial charge on any atom is -0.289 e. The molecule has 0 radical (unpaired) electrons. The number of sulfonamides is 1. The second-order valence-electron chi connectivity index (χ2n) is 5.49. The van der Waals surface area contributed by atoms with Gasteiger partial charge in [-0.1, -0.05) is 38.0 Å². The lowest BCUT2D eigenvalue weighted by Crippen LogP contribution is -2.35. The Kier molecular flexibility index (Phi) is 6.73. The number of nitrogens with one attached hydrogen (secondary N) is 1. The van der Waals surface area contributed by atoms with Crippen LogP contribution in [0.4, 0.5) is 0 Å². The van der Waals surface area contributed by atoms with Gasteiger partial charge in [0.05, 0.1) is 0 Å². The molecule has 1 amide bonds. The quantitative estimate of drug-likeness (QED) is 0.404. The Morgan fingerprint density at radius 3 is 2.71 bits per heavy atom. The van der Waals surface area contributed by atoms with Crippen LogP contribution in [0.1, 0.15) is 32.6 Å². The number of hydroxylamine groups is 1. The van der Waals surface area contributed by atoms with E-state index in [0.717, 1.165) is 24.0 Å². The van der Waals surface area contributed by atoms with Crippen LogP contribution in [0.15, 0.2) is 34.5 Å². The van der Waals surface area contributed by atoms with Gasteiger partial charge in [0.15, 0.2) is 0 Å². The summed E-state index contributed by atoms with van der Waals surface area (Å²) in [6.45, 7) is 2.45. The Labute approximate surface area is 146 Å². The average Bonchev–Trinajstić information content (AvgIpc) is 3.02. The average molecular weight is 370 g/mol. The Bertz CT molecular complexity index is 786. The van der Waals surface area contributed by atoms with Gasteiger partial charge in [0.2, 0.25) is 15.9 Å². The van der Waals surface area contributed by atoms with E-state index >= 15 is 0 Å². The van der Waals surface area contributed by atoms with Crippen LogP contribution in [-0.4, -0.2) is 36.9 Å². The second kappa shape index (κ2) is 8.57. The van der Waals surface area contributed by atoms with Crippen molar-refractivity contribution in [2.45, 2.75) is 37.5 Å². The molecule has 0 bridgehead atoms. The first kappa shape index (κ1) is 18.9. The fourth-order valence-electron chi connectivity index (χ4n) is 2.46. The van der Waals surface area contributed by atoms with Crippen molar-refractivity contribution in [1.29, 1.82) is 0 Å². The van der Waals surface area contributed by atoms with E-state index in [1.54, 1.807) is 16.9 Å². The minimum absolute atomic E-state index is 0.0443. The number of nitrogens with zero attached hydrogens (tertiary/aromatic N) is 1. The highest BCUT2D eigenvalue weighted by Gasteiger charge is 2.27. The molecule has 0 unspecified atom stereocenters. The molecular weight excluding hydrogens is 348 g/mol. The zero-order valence-electron chi connectivity index (χ0n) is 13.6. The molecule has 2 aromatic rings. The third kappa shape index (κ3) is 4.32. The maximum Gasteiger partial charge on any atom is 0.244 e. The van der Waals surface area contributed by atoms with Crippen molar-refractivity contribution in [3.8, 4) is 0 Å². The minimum atomic E-state index is -3.69. The molecular formula is C16H22N2O4S2. The molecule has 0 spiro atoms. The summed E-state index contributed by atoms with van der Waals surface area (Å²) in [6.07, 6.45) is 2.55. The zero-order chi connectivity index (χ0) is 17.6. The van der Waals surface area contributed by atoms with Gasteiger partial charge in [0.25, 0.3) is 0 Å². The first-order valence-corrected chi connectivity index (χ1v) is 10.2. The SMILES string of the molecule is CCCCCN(CCC(=O)NO)S(=O)(=O)c1csc2ccccc12. The van der Waals surface area contributed by atoms with Crippen LogP contribution in [0.3, 0.4) is 0 Å². The Balaban J connectivity index is 2.29. The highest BCUT2D eigenvalue weighted by Crippen LogP contribution is 2.31. The Hall–Kier alpha value is -1.48. The number of benzene rings is 1. The third-order valence-corrected chi connectivity index (χ3v) is 6.84. The summed E-state index contributed by atoms with van der Waals surface area (Å²) in [5.74, 6) is -0.596. The molecule has 0 atom stereocenters. The molecule has 1 aromatic heterocycles. The standard InChI is InChI=1S/C16H22N2O4S2/c1-2-3-6-10-18(11-9-16(19)17-20)24(21,22)15-12-23-14-8-5-4-7-13(14)15/h4-5,7-8,12,20H,2-3,6,9-11H2,1H3,(H,17,19). The maximum atomic E-state index is 13.0. The van der Waals surface area contributed by atoms with E-state index in [-0.39, 0.29) is 17.9 Å². The number of thiophene rings is 1. The molecule has 8 heteroatoms. The number of rotatable bonds is 9. The first-order chi connectivity index (χ1) is 11.5. The monoisotopic (exact) mass is 370 g/mol. The lowest BCUT2D eigenvalue weighted by atomic mass is 10.2. The molecule has 2 N–H and O–H groups in total. The van der Waals surface area contributed by atoms with E-state index in [1.165, 1.54) is 15.6 Å². The molecule has 0 aliphatic rings. The number of hydrogen-bond donors (Lipinski definition) is 2. The van der Waals surface area contributed by atoms with Crippen molar-refractivity contribution in [2.75, 3.05) is 13.1 Å². The number of fused-ring (bicyclic) bond motifs is 1. The molecule has 0 fully saturated rings. The van der Waals surface area contributed by atoms with Crippen LogP contribution in [0.5, 0.6) is 0 Å². The predicted molar refractivity (Wildman–Crippen MR) is 94.7 cm³/mol. The van der Waals surface area contributed by atoms with E-state index < -0.39 is 15.9 Å². The molecule has 132 valence electrons. The zero-order valence-corrected chi connectivity index (χ0v) is 15.2. The first-order valence-electron chi connectivity index (χ1n) is 7.90. The fourth-order valence-corrected chi connectivity index (χ4v) is 5.42. The lowest BCUT2D eigenvalue weighted by molar-refractivity contribution is -0.129. The number of carbonyl (C=O) groups is 1. The van der Waals surface area contributed by atoms with Crippen molar-refractivity contribution in [3.05, 3.63) is 29.6 Å². The number of hydrogen-bond acceptors (Lipinski definition) is 5. The summed E-state index contributed by atoms with van der Waals surface area (Å²) in [5.41, 5.74) is 1.55. The van der Waals surface area contributed by atoms with Crippen LogP contribution < -0.4 is 5.48 Å². The lowest BCUT2D eigenvalue weighted by Gasteiger charge is -2.21. The highest BCUT2D eigenvalue weighted by molar-refractivity contribution is 7.89. The van der Waals surface area contributed by atoms with Crippen LogP contribution in [0, 0.1) is 0 Å².